The number of hydrogen-bond donors (Lipinski definition) is 0. The highest BCUT2D eigenvalue weighted by Gasteiger charge is 2.34. The summed E-state index contributed by atoms with van der Waals surface area (Å²) in [6.45, 7) is -2.61. The van der Waals surface area contributed by atoms with E-state index in [-0.39, 0.29) is 10.9 Å². The highest BCUT2D eigenvalue weighted by Crippen LogP contribution is 2.33. The molecular formula is C13H11F5N2OS. The number of ether oxygens (including phenoxy) is 1. The number of hydrogen-bond acceptors (Lipinski definition) is 4. The second kappa shape index (κ2) is 6.47. The van der Waals surface area contributed by atoms with Gasteiger partial charge in [-0.2, -0.15) is 22.0 Å². The molecule has 2 aromatic rings. The van der Waals surface area contributed by atoms with Crippen LogP contribution in [0.5, 0.6) is 5.75 Å². The molecule has 0 aliphatic rings. The van der Waals surface area contributed by atoms with Gasteiger partial charge in [0.15, 0.2) is 10.8 Å². The van der Waals surface area contributed by atoms with Crippen LogP contribution in [0.2, 0.25) is 0 Å². The van der Waals surface area contributed by atoms with Crippen LogP contribution in [0.15, 0.2) is 29.6 Å². The Morgan fingerprint density at radius 3 is 2.36 bits per heavy atom. The van der Waals surface area contributed by atoms with Crippen molar-refractivity contribution in [3.63, 3.8) is 0 Å². The molecule has 1 heterocycles. The summed E-state index contributed by atoms with van der Waals surface area (Å²) in [5.74, 6) is 0.0232. The zero-order valence-electron chi connectivity index (χ0n) is 11.3. The third-order valence-corrected chi connectivity index (χ3v) is 3.63. The number of nitrogens with zero attached hydrogens (tertiary/aromatic N) is 2. The first-order valence-electron chi connectivity index (χ1n) is 6.03. The van der Waals surface area contributed by atoms with Crippen LogP contribution in [-0.2, 0) is 12.7 Å². The lowest BCUT2D eigenvalue weighted by molar-refractivity contribution is -0.140. The van der Waals surface area contributed by atoms with Gasteiger partial charge in [0.1, 0.15) is 5.75 Å². The van der Waals surface area contributed by atoms with Gasteiger partial charge >= 0.3 is 12.8 Å². The van der Waals surface area contributed by atoms with Gasteiger partial charge in [0.2, 0.25) is 0 Å². The first-order valence-corrected chi connectivity index (χ1v) is 6.91. The Balaban J connectivity index is 2.02. The average molecular weight is 338 g/mol. The number of thiazole rings is 1. The quantitative estimate of drug-likeness (QED) is 0.756. The number of rotatable bonds is 5. The molecule has 0 N–H and O–H groups in total. The van der Waals surface area contributed by atoms with Crippen molar-refractivity contribution in [3.8, 4) is 5.75 Å². The Hall–Kier alpha value is -1.90. The van der Waals surface area contributed by atoms with E-state index in [0.717, 1.165) is 22.3 Å². The summed E-state index contributed by atoms with van der Waals surface area (Å²) in [5.41, 5.74) is -0.201. The van der Waals surface area contributed by atoms with Crippen LogP contribution in [-0.4, -0.2) is 18.6 Å². The fourth-order valence-electron chi connectivity index (χ4n) is 1.69. The highest BCUT2D eigenvalue weighted by atomic mass is 32.1. The van der Waals surface area contributed by atoms with E-state index in [0.29, 0.717) is 6.54 Å². The maximum absolute atomic E-state index is 12.5. The fourth-order valence-corrected chi connectivity index (χ4v) is 2.49. The summed E-state index contributed by atoms with van der Waals surface area (Å²) in [6, 6.07) is 5.87. The number of aromatic nitrogens is 1. The summed E-state index contributed by atoms with van der Waals surface area (Å²) in [4.78, 5) is 5.07. The Bertz CT molecular complexity index is 612. The summed E-state index contributed by atoms with van der Waals surface area (Å²) < 4.78 is 65.7. The molecule has 0 amide bonds. The average Bonchev–Trinajstić information content (AvgIpc) is 2.90. The lowest BCUT2D eigenvalue weighted by Gasteiger charge is -2.16. The molecule has 0 radical (unpaired) electrons. The third-order valence-electron chi connectivity index (χ3n) is 2.68. The summed E-state index contributed by atoms with van der Waals surface area (Å²) in [6.07, 6.45) is -4.47. The molecule has 2 rings (SSSR count). The minimum Gasteiger partial charge on any atom is -0.435 e. The minimum absolute atomic E-state index is 0.0232. The van der Waals surface area contributed by atoms with Crippen molar-refractivity contribution in [2.45, 2.75) is 19.3 Å². The van der Waals surface area contributed by atoms with Crippen molar-refractivity contribution >= 4 is 16.5 Å². The van der Waals surface area contributed by atoms with Gasteiger partial charge in [-0.05, 0) is 17.7 Å². The molecule has 9 heteroatoms. The van der Waals surface area contributed by atoms with Gasteiger partial charge in [-0.3, -0.25) is 0 Å². The Morgan fingerprint density at radius 1 is 1.23 bits per heavy atom. The zero-order chi connectivity index (χ0) is 16.3. The first-order chi connectivity index (χ1) is 10.3. The smallest absolute Gasteiger partial charge is 0.434 e. The molecule has 0 saturated carbocycles. The van der Waals surface area contributed by atoms with Crippen molar-refractivity contribution in [1.82, 2.24) is 4.98 Å². The normalized spacial score (nSPS) is 11.8. The molecule has 0 unspecified atom stereocenters. The molecule has 1 aromatic carbocycles. The Labute approximate surface area is 127 Å². The molecule has 22 heavy (non-hydrogen) atoms. The zero-order valence-corrected chi connectivity index (χ0v) is 12.1. The van der Waals surface area contributed by atoms with Crippen molar-refractivity contribution in [1.29, 1.82) is 0 Å². The molecule has 0 aliphatic carbocycles. The molecular weight excluding hydrogens is 327 g/mol. The SMILES string of the molecule is CN(Cc1ccc(OC(F)F)cc1)c1nc(C(F)(F)F)cs1. The van der Waals surface area contributed by atoms with Crippen LogP contribution in [0.25, 0.3) is 0 Å². The minimum atomic E-state index is -4.47. The molecule has 3 nitrogen and oxygen atoms in total. The van der Waals surface area contributed by atoms with E-state index in [1.807, 2.05) is 0 Å². The van der Waals surface area contributed by atoms with Crippen LogP contribution in [0.1, 0.15) is 11.3 Å². The third kappa shape index (κ3) is 4.30. The van der Waals surface area contributed by atoms with E-state index in [1.165, 1.54) is 12.1 Å². The van der Waals surface area contributed by atoms with E-state index in [2.05, 4.69) is 9.72 Å². The van der Waals surface area contributed by atoms with Crippen LogP contribution >= 0.6 is 11.3 Å². The maximum Gasteiger partial charge on any atom is 0.434 e. The topological polar surface area (TPSA) is 25.4 Å². The molecule has 0 spiro atoms. The standard InChI is InChI=1S/C13H11F5N2OS/c1-20(12-19-10(7-22-12)13(16,17)18)6-8-2-4-9(5-3-8)21-11(14)15/h2-5,7,11H,6H2,1H3. The monoisotopic (exact) mass is 338 g/mol. The van der Waals surface area contributed by atoms with E-state index < -0.39 is 18.5 Å². The number of benzene rings is 1. The van der Waals surface area contributed by atoms with Crippen LogP contribution in [0.3, 0.4) is 0 Å². The molecule has 0 atom stereocenters. The molecule has 120 valence electrons. The predicted molar refractivity (Wildman–Crippen MR) is 72.3 cm³/mol. The van der Waals surface area contributed by atoms with E-state index in [4.69, 9.17) is 0 Å². The van der Waals surface area contributed by atoms with Gasteiger partial charge in [0, 0.05) is 19.0 Å². The molecule has 0 saturated heterocycles. The Kier molecular flexibility index (Phi) is 4.84. The predicted octanol–water partition coefficient (Wildman–Crippen LogP) is 4.40. The molecule has 0 aliphatic heterocycles. The number of alkyl halides is 5. The largest absolute Gasteiger partial charge is 0.435 e. The van der Waals surface area contributed by atoms with Crippen molar-refractivity contribution in [3.05, 3.63) is 40.9 Å². The Morgan fingerprint density at radius 2 is 1.86 bits per heavy atom. The molecule has 0 fully saturated rings. The maximum atomic E-state index is 12.5. The van der Waals surface area contributed by atoms with Crippen LogP contribution < -0.4 is 9.64 Å². The summed E-state index contributed by atoms with van der Waals surface area (Å²) in [5, 5.41) is 1.17. The number of halogens is 5. The van der Waals surface area contributed by atoms with E-state index in [1.54, 1.807) is 24.1 Å². The van der Waals surface area contributed by atoms with E-state index in [9.17, 15) is 22.0 Å². The lowest BCUT2D eigenvalue weighted by Crippen LogP contribution is -2.16. The van der Waals surface area contributed by atoms with Crippen LogP contribution in [0.4, 0.5) is 27.1 Å². The molecule has 0 bridgehead atoms. The second-order valence-corrected chi connectivity index (χ2v) is 5.23. The van der Waals surface area contributed by atoms with Crippen molar-refractivity contribution in [2.75, 3.05) is 11.9 Å². The van der Waals surface area contributed by atoms with Gasteiger partial charge < -0.3 is 9.64 Å². The van der Waals surface area contributed by atoms with E-state index >= 15 is 0 Å². The number of anilines is 1. The van der Waals surface area contributed by atoms with Gasteiger partial charge in [-0.25, -0.2) is 4.98 Å². The van der Waals surface area contributed by atoms with Gasteiger partial charge in [0.25, 0.3) is 0 Å². The lowest BCUT2D eigenvalue weighted by atomic mass is 10.2. The fraction of sp³-hybridized carbons (Fsp3) is 0.308. The van der Waals surface area contributed by atoms with Gasteiger partial charge in [0.05, 0.1) is 0 Å². The highest BCUT2D eigenvalue weighted by molar-refractivity contribution is 7.13. The van der Waals surface area contributed by atoms with Crippen molar-refractivity contribution in [2.24, 2.45) is 0 Å². The summed E-state index contributed by atoms with van der Waals surface area (Å²) in [7, 11) is 1.60. The van der Waals surface area contributed by atoms with Gasteiger partial charge in [-0.15, -0.1) is 11.3 Å². The van der Waals surface area contributed by atoms with Crippen LogP contribution in [0, 0.1) is 0 Å². The summed E-state index contributed by atoms with van der Waals surface area (Å²) >= 11 is 0.886. The molecule has 1 aromatic heterocycles. The van der Waals surface area contributed by atoms with Crippen molar-refractivity contribution < 1.29 is 26.7 Å². The van der Waals surface area contributed by atoms with Gasteiger partial charge in [-0.1, -0.05) is 12.1 Å². The second-order valence-electron chi connectivity index (χ2n) is 4.39. The first kappa shape index (κ1) is 16.5.